The first-order valence-corrected chi connectivity index (χ1v) is 32.2. The Labute approximate surface area is 565 Å². The Morgan fingerprint density at radius 3 is 2.09 bits per heavy atom. The number of primary amides is 3. The van der Waals surface area contributed by atoms with Gasteiger partial charge in [-0.1, -0.05) is 6.92 Å². The van der Waals surface area contributed by atoms with E-state index in [2.05, 4.69) is 66.8 Å². The fourth-order valence-electron chi connectivity index (χ4n) is 9.92. The number of amides is 8. The highest BCUT2D eigenvalue weighted by Gasteiger charge is 2.54. The van der Waals surface area contributed by atoms with E-state index in [0.717, 1.165) is 12.5 Å². The molecule has 0 saturated carbocycles. The van der Waals surface area contributed by atoms with Gasteiger partial charge in [-0.3, -0.25) is 50.0 Å². The summed E-state index contributed by atoms with van der Waals surface area (Å²) in [6.45, 7) is 3.54. The fraction of sp³-hybridized carbons (Fsp3) is 0.600. The van der Waals surface area contributed by atoms with Crippen molar-refractivity contribution in [3.8, 4) is 10.7 Å². The lowest BCUT2D eigenvalue weighted by molar-refractivity contribution is -0.459. The van der Waals surface area contributed by atoms with Gasteiger partial charge in [-0.25, -0.2) is 29.7 Å². The molecule has 6 rings (SSSR count). The number of nitrogens with two attached hydrogens (primary N) is 7. The highest BCUT2D eigenvalue weighted by molar-refractivity contribution is 7.14. The summed E-state index contributed by atoms with van der Waals surface area (Å²) in [7, 11) is 0. The summed E-state index contributed by atoms with van der Waals surface area (Å²) >= 11 is 2.47. The summed E-state index contributed by atoms with van der Waals surface area (Å²) in [5.74, 6) is -8.71. The van der Waals surface area contributed by atoms with Gasteiger partial charge in [0, 0.05) is 48.8 Å². The number of thiazole rings is 2. The van der Waals surface area contributed by atoms with Gasteiger partial charge in [0.2, 0.25) is 29.5 Å². The van der Waals surface area contributed by atoms with Crippen LogP contribution in [0.25, 0.3) is 10.7 Å². The molecule has 0 bridgehead atoms. The largest absolute Gasteiger partial charge is 0.441 e. The molecule has 4 aromatic heterocycles. The molecule has 30 N–H and O–H groups in total. The van der Waals surface area contributed by atoms with E-state index in [1.54, 1.807) is 10.8 Å². The number of rotatable bonds is 36. The molecule has 19 atom stereocenters. The standard InChI is InChI=1S/C55H84N20O21S2/c1-19-32(72-45(75-43(19)58)24(11-30(57)79)67-12-23(56)44(59)85)49(89)74-34(40(25-13-63-18-68-25)94-53-42(38(83)36(81)28(14-76)93-53)95-52-39(84)41(96-55(62)91)37(82)29(15-77)92-52)50(90)69-21(3)35(80)20(2)46(86)73-33(22(4)78)48(88)65-10-7-31-70-27(17-97-31)51-71-26(16-98-51)47(87)64-8-5-6-9-66-54(60)61/h13,16-18,20-24,28-29,33-42,52-53,67,76-78,80-84H,5-12,14-15,56H2,1-4H3,(H2,57,79)(H2,59,85)(H2,62,91)(H,63,68)(H,64,87)(H,65,88)(H,69,90)(H,73,86)(H,74,89)(H2,58,72,75)(H4,60,61,66)/p+1/t20-,21+,22+,23-,24-,28-,29+,33-,34-,35-,36+,37+,38-,39-,40-,41-,42-,52+,53-/m0/s1. The molecule has 0 aliphatic carbocycles. The highest BCUT2D eigenvalue weighted by atomic mass is 32.1. The van der Waals surface area contributed by atoms with Crippen LogP contribution in [-0.2, 0) is 54.1 Å². The summed E-state index contributed by atoms with van der Waals surface area (Å²) < 4.78 is 28.7. The number of hydrogen-bond acceptors (Lipinski definition) is 31. The number of H-pyrrole nitrogens is 1. The number of aromatic nitrogens is 6. The number of guanidine groups is 1. The molecule has 542 valence electrons. The van der Waals surface area contributed by atoms with Gasteiger partial charge < -0.3 is 130 Å². The number of hydrogen-bond donors (Lipinski definition) is 23. The molecule has 2 aliphatic heterocycles. The lowest BCUT2D eigenvalue weighted by Gasteiger charge is -2.47. The maximum absolute atomic E-state index is 15.2. The monoisotopic (exact) mass is 1430 g/mol. The van der Waals surface area contributed by atoms with Gasteiger partial charge in [0.1, 0.15) is 94.6 Å². The van der Waals surface area contributed by atoms with Crippen LogP contribution in [-0.4, -0.2) is 261 Å². The zero-order valence-electron chi connectivity index (χ0n) is 53.3. The minimum Gasteiger partial charge on any atom is -0.441 e. The lowest BCUT2D eigenvalue weighted by Crippen LogP contribution is -2.78. The van der Waals surface area contributed by atoms with E-state index >= 15 is 4.79 Å². The molecular weight excluding hydrogens is 1340 g/mol. The SMILES string of the molecule is Cc1c(N)nc([C@H](CC(N)=O)NC[C@H](N)C(N)=O)nc1C(=O)N[C@H](C(=O)N[C@H](C)[C@@H](O)[C@H](C)C(=O)N[C@H](C(=O)NCCc1nc(-c2nc(C(=O)NCCCC[NH+]=C(N)N)cs2)cs1)[C@@H](C)O)[C@@H](O[C@@H]1O[C@@H](CO)[C@@H](O)[C@H](O)[C@@H]1O[C@H]1O[C@H](CO)[C@@H](O)[C@H](OC(N)=O)[C@@H]1O)c1cnc[nH]1. The number of carbonyl (C=O) groups excluding carboxylic acids is 8. The van der Waals surface area contributed by atoms with E-state index in [9.17, 15) is 74.4 Å². The first-order valence-electron chi connectivity index (χ1n) is 30.4. The maximum Gasteiger partial charge on any atom is 0.404 e. The van der Waals surface area contributed by atoms with E-state index in [4.69, 9.17) is 63.8 Å². The second kappa shape index (κ2) is 36.5. The molecule has 98 heavy (non-hydrogen) atoms. The van der Waals surface area contributed by atoms with Gasteiger partial charge in [0.25, 0.3) is 11.8 Å². The third-order valence-electron chi connectivity index (χ3n) is 15.5. The molecule has 43 heteroatoms. The first kappa shape index (κ1) is 78.6. The maximum atomic E-state index is 15.2. The van der Waals surface area contributed by atoms with Crippen LogP contribution < -0.4 is 77.0 Å². The van der Waals surface area contributed by atoms with Crippen molar-refractivity contribution in [2.24, 2.45) is 40.3 Å². The van der Waals surface area contributed by atoms with Crippen LogP contribution in [0.3, 0.4) is 0 Å². The van der Waals surface area contributed by atoms with Crippen LogP contribution in [0.5, 0.6) is 0 Å². The van der Waals surface area contributed by atoms with Gasteiger partial charge in [-0.2, -0.15) is 0 Å². The third kappa shape index (κ3) is 21.1. The van der Waals surface area contributed by atoms with Gasteiger partial charge in [-0.15, -0.1) is 22.7 Å². The molecule has 41 nitrogen and oxygen atoms in total. The van der Waals surface area contributed by atoms with E-state index in [1.807, 2.05) is 0 Å². The molecule has 2 saturated heterocycles. The summed E-state index contributed by atoms with van der Waals surface area (Å²) in [6.07, 6.45) is -23.8. The number of ether oxygens (including phenoxy) is 5. The first-order chi connectivity index (χ1) is 46.3. The van der Waals surface area contributed by atoms with Crippen molar-refractivity contribution in [2.75, 3.05) is 45.1 Å². The number of nitrogens with zero attached hydrogens (tertiary/aromatic N) is 5. The summed E-state index contributed by atoms with van der Waals surface area (Å²) in [5.41, 5.74) is 38.7. The van der Waals surface area contributed by atoms with Crippen molar-refractivity contribution in [1.29, 1.82) is 0 Å². The molecule has 2 aliphatic rings. The molecule has 0 radical (unpaired) electrons. The third-order valence-corrected chi connectivity index (χ3v) is 17.3. The number of imidazole rings is 1. The van der Waals surface area contributed by atoms with Crippen molar-refractivity contribution in [3.63, 3.8) is 0 Å². The number of nitrogens with one attached hydrogen (secondary N) is 8. The molecule has 2 fully saturated rings. The number of aliphatic hydroxyl groups is 8. The molecule has 4 aromatic rings. The second-order valence-electron chi connectivity index (χ2n) is 22.9. The number of unbranched alkanes of at least 4 members (excludes halogenated alkanes) is 1. The number of anilines is 1. The summed E-state index contributed by atoms with van der Waals surface area (Å²) in [6, 6.07) is -7.89. The Balaban J connectivity index is 1.24. The Morgan fingerprint density at radius 2 is 1.46 bits per heavy atom. The van der Waals surface area contributed by atoms with Crippen molar-refractivity contribution in [1.82, 2.24) is 61.8 Å². The van der Waals surface area contributed by atoms with E-state index in [0.29, 0.717) is 41.6 Å². The fourth-order valence-corrected chi connectivity index (χ4v) is 11.5. The van der Waals surface area contributed by atoms with Crippen LogP contribution in [0.4, 0.5) is 10.6 Å². The van der Waals surface area contributed by atoms with Crippen molar-refractivity contribution >= 4 is 81.9 Å². The van der Waals surface area contributed by atoms with Gasteiger partial charge >= 0.3 is 12.1 Å². The van der Waals surface area contributed by atoms with Crippen LogP contribution in [0, 0.1) is 12.8 Å². The molecular formula is C55H85N20O21S2+. The highest BCUT2D eigenvalue weighted by Crippen LogP contribution is 2.35. The normalized spacial score (nSPS) is 23.6. The number of aliphatic hydroxyl groups excluding tert-OH is 8. The minimum absolute atomic E-state index is 0.0244. The minimum atomic E-state index is -2.20. The average Bonchev–Trinajstić information content (AvgIpc) is 0.925. The zero-order chi connectivity index (χ0) is 72.4. The predicted octanol–water partition coefficient (Wildman–Crippen LogP) is -10.8. The van der Waals surface area contributed by atoms with Crippen LogP contribution >= 0.6 is 22.7 Å². The molecule has 0 spiro atoms. The van der Waals surface area contributed by atoms with Crippen LogP contribution in [0.2, 0.25) is 0 Å². The topological polar surface area (TPSA) is 693 Å². The van der Waals surface area contributed by atoms with E-state index < -0.39 is 183 Å². The quantitative estimate of drug-likeness (QED) is 0.0114. The van der Waals surface area contributed by atoms with Gasteiger partial charge in [-0.05, 0) is 33.6 Å². The van der Waals surface area contributed by atoms with Gasteiger partial charge in [0.15, 0.2) is 18.7 Å². The molecule has 0 aromatic carbocycles. The Kier molecular flexibility index (Phi) is 29.2. The Hall–Kier alpha value is -8.38. The molecule has 6 heterocycles. The van der Waals surface area contributed by atoms with E-state index in [-0.39, 0.29) is 60.0 Å². The molecule has 8 amide bonds. The van der Waals surface area contributed by atoms with Crippen LogP contribution in [0.15, 0.2) is 23.3 Å². The summed E-state index contributed by atoms with van der Waals surface area (Å²) in [5, 5.41) is 108. The number of nitrogen functional groups attached to an aromatic ring is 1. The van der Waals surface area contributed by atoms with E-state index in [1.165, 1.54) is 50.4 Å². The van der Waals surface area contributed by atoms with Gasteiger partial charge in [0.05, 0.1) is 79.2 Å². The van der Waals surface area contributed by atoms with Crippen molar-refractivity contribution in [2.45, 2.75) is 163 Å². The summed E-state index contributed by atoms with van der Waals surface area (Å²) in [4.78, 5) is 133. The zero-order valence-corrected chi connectivity index (χ0v) is 55.0. The lowest BCUT2D eigenvalue weighted by atomic mass is 9.96. The van der Waals surface area contributed by atoms with Crippen molar-refractivity contribution < 1.29 is 108 Å². The molecule has 0 unspecified atom stereocenters. The predicted molar refractivity (Wildman–Crippen MR) is 339 cm³/mol. The van der Waals surface area contributed by atoms with Crippen molar-refractivity contribution in [3.05, 3.63) is 56.8 Å². The van der Waals surface area contributed by atoms with Crippen LogP contribution in [0.1, 0.15) is 95.2 Å². The Morgan fingerprint density at radius 1 is 0.765 bits per heavy atom. The number of aromatic amines is 1. The number of carbonyl (C=O) groups is 8. The Bertz CT molecular complexity index is 3380. The second-order valence-corrected chi connectivity index (χ2v) is 24.7. The average molecular weight is 1430 g/mol. The smallest absolute Gasteiger partial charge is 0.404 e.